The molecule has 0 aliphatic carbocycles. The van der Waals surface area contributed by atoms with Crippen LogP contribution in [-0.2, 0) is 6.54 Å². The first-order valence-electron chi connectivity index (χ1n) is 7.86. The Morgan fingerprint density at radius 1 is 0.917 bits per heavy atom. The quantitative estimate of drug-likeness (QED) is 0.779. The van der Waals surface area contributed by atoms with Gasteiger partial charge in [-0.05, 0) is 18.6 Å². The SMILES string of the molecule is COc1cc(OC)c(OC)cc1CN[C@@H](C)[C@@H](O)c1ccccc1. The topological polar surface area (TPSA) is 60.0 Å². The fourth-order valence-corrected chi connectivity index (χ4v) is 2.55. The van der Waals surface area contributed by atoms with Gasteiger partial charge in [0.1, 0.15) is 5.75 Å². The Kier molecular flexibility index (Phi) is 6.46. The predicted molar refractivity (Wildman–Crippen MR) is 93.8 cm³/mol. The van der Waals surface area contributed by atoms with Crippen molar-refractivity contribution >= 4 is 0 Å². The summed E-state index contributed by atoms with van der Waals surface area (Å²) < 4.78 is 16.1. The van der Waals surface area contributed by atoms with Gasteiger partial charge in [0, 0.05) is 24.2 Å². The summed E-state index contributed by atoms with van der Waals surface area (Å²) >= 11 is 0. The van der Waals surface area contributed by atoms with Gasteiger partial charge in [-0.3, -0.25) is 0 Å². The number of benzene rings is 2. The minimum atomic E-state index is -0.586. The van der Waals surface area contributed by atoms with Gasteiger partial charge in [-0.25, -0.2) is 0 Å². The zero-order chi connectivity index (χ0) is 17.5. The van der Waals surface area contributed by atoms with Crippen LogP contribution in [0, 0.1) is 0 Å². The van der Waals surface area contributed by atoms with Crippen LogP contribution in [0.5, 0.6) is 17.2 Å². The van der Waals surface area contributed by atoms with Crippen molar-refractivity contribution in [3.8, 4) is 17.2 Å². The van der Waals surface area contributed by atoms with Crippen molar-refractivity contribution < 1.29 is 19.3 Å². The Bertz CT molecular complexity index is 645. The molecule has 24 heavy (non-hydrogen) atoms. The molecule has 0 bridgehead atoms. The Hall–Kier alpha value is -2.24. The number of hydrogen-bond acceptors (Lipinski definition) is 5. The van der Waals surface area contributed by atoms with Crippen molar-refractivity contribution in [3.05, 3.63) is 53.6 Å². The van der Waals surface area contributed by atoms with E-state index < -0.39 is 6.10 Å². The van der Waals surface area contributed by atoms with Crippen LogP contribution in [0.4, 0.5) is 0 Å². The minimum absolute atomic E-state index is 0.120. The first-order valence-corrected chi connectivity index (χ1v) is 7.86. The lowest BCUT2D eigenvalue weighted by molar-refractivity contribution is 0.135. The van der Waals surface area contributed by atoms with Gasteiger partial charge in [0.2, 0.25) is 0 Å². The van der Waals surface area contributed by atoms with Crippen molar-refractivity contribution in [3.63, 3.8) is 0 Å². The van der Waals surface area contributed by atoms with E-state index in [4.69, 9.17) is 14.2 Å². The summed E-state index contributed by atoms with van der Waals surface area (Å²) in [5.74, 6) is 1.98. The molecule has 5 heteroatoms. The molecule has 0 fully saturated rings. The third-order valence-electron chi connectivity index (χ3n) is 4.02. The molecule has 2 rings (SSSR count). The highest BCUT2D eigenvalue weighted by Crippen LogP contribution is 2.34. The molecule has 0 aliphatic heterocycles. The van der Waals surface area contributed by atoms with Gasteiger partial charge in [0.25, 0.3) is 0 Å². The van der Waals surface area contributed by atoms with E-state index in [0.717, 1.165) is 11.1 Å². The van der Waals surface area contributed by atoms with E-state index in [1.807, 2.05) is 43.3 Å². The molecule has 2 atom stereocenters. The van der Waals surface area contributed by atoms with Gasteiger partial charge in [-0.15, -0.1) is 0 Å². The van der Waals surface area contributed by atoms with Crippen molar-refractivity contribution in [2.45, 2.75) is 25.6 Å². The summed E-state index contributed by atoms with van der Waals surface area (Å²) in [4.78, 5) is 0. The average Bonchev–Trinajstić information content (AvgIpc) is 2.65. The highest BCUT2D eigenvalue weighted by atomic mass is 16.5. The van der Waals surface area contributed by atoms with Crippen LogP contribution in [-0.4, -0.2) is 32.5 Å². The maximum absolute atomic E-state index is 10.4. The predicted octanol–water partition coefficient (Wildman–Crippen LogP) is 2.92. The second kappa shape index (κ2) is 8.57. The fourth-order valence-electron chi connectivity index (χ4n) is 2.55. The fraction of sp³-hybridized carbons (Fsp3) is 0.368. The monoisotopic (exact) mass is 331 g/mol. The van der Waals surface area contributed by atoms with Gasteiger partial charge in [0.15, 0.2) is 11.5 Å². The lowest BCUT2D eigenvalue weighted by atomic mass is 10.0. The lowest BCUT2D eigenvalue weighted by Crippen LogP contribution is -2.31. The summed E-state index contributed by atoms with van der Waals surface area (Å²) in [6, 6.07) is 13.2. The van der Waals surface area contributed by atoms with Gasteiger partial charge >= 0.3 is 0 Å². The van der Waals surface area contributed by atoms with Crippen molar-refractivity contribution in [2.24, 2.45) is 0 Å². The standard InChI is InChI=1S/C19H25NO4/c1-13(19(21)14-8-6-5-7-9-14)20-12-15-10-17(23-3)18(24-4)11-16(15)22-2/h5-11,13,19-21H,12H2,1-4H3/t13-,19+/m0/s1. The lowest BCUT2D eigenvalue weighted by Gasteiger charge is -2.22. The summed E-state index contributed by atoms with van der Waals surface area (Å²) in [7, 11) is 4.81. The number of rotatable bonds is 8. The third-order valence-corrected chi connectivity index (χ3v) is 4.02. The van der Waals surface area contributed by atoms with E-state index in [2.05, 4.69) is 5.32 Å². The molecule has 5 nitrogen and oxygen atoms in total. The molecule has 0 aliphatic rings. The molecule has 0 aromatic heterocycles. The second-order valence-electron chi connectivity index (χ2n) is 5.54. The molecule has 0 saturated carbocycles. The van der Waals surface area contributed by atoms with E-state index >= 15 is 0 Å². The normalized spacial score (nSPS) is 13.2. The molecule has 0 heterocycles. The third kappa shape index (κ3) is 4.19. The van der Waals surface area contributed by atoms with Crippen LogP contribution in [0.2, 0.25) is 0 Å². The zero-order valence-corrected chi connectivity index (χ0v) is 14.6. The zero-order valence-electron chi connectivity index (χ0n) is 14.6. The summed E-state index contributed by atoms with van der Waals surface area (Å²) in [5, 5.41) is 13.8. The number of aliphatic hydroxyl groups is 1. The van der Waals surface area contributed by atoms with Crippen molar-refractivity contribution in [2.75, 3.05) is 21.3 Å². The molecule has 2 aromatic carbocycles. The van der Waals surface area contributed by atoms with Crippen LogP contribution < -0.4 is 19.5 Å². The molecule has 2 aromatic rings. The van der Waals surface area contributed by atoms with Gasteiger partial charge in [0.05, 0.1) is 27.4 Å². The highest BCUT2D eigenvalue weighted by molar-refractivity contribution is 5.50. The molecule has 0 amide bonds. The minimum Gasteiger partial charge on any atom is -0.496 e. The molecule has 0 unspecified atom stereocenters. The molecular weight excluding hydrogens is 306 g/mol. The van der Waals surface area contributed by atoms with E-state index in [9.17, 15) is 5.11 Å². The molecule has 0 spiro atoms. The van der Waals surface area contributed by atoms with E-state index in [1.165, 1.54) is 0 Å². The number of ether oxygens (including phenoxy) is 3. The molecule has 2 N–H and O–H groups in total. The van der Waals surface area contributed by atoms with Crippen molar-refractivity contribution in [1.29, 1.82) is 0 Å². The molecule has 0 saturated heterocycles. The molecular formula is C19H25NO4. The van der Waals surface area contributed by atoms with Crippen LogP contribution >= 0.6 is 0 Å². The Morgan fingerprint density at radius 2 is 1.50 bits per heavy atom. The summed E-state index contributed by atoms with van der Waals surface area (Å²) in [6.07, 6.45) is -0.586. The van der Waals surface area contributed by atoms with Gasteiger partial charge in [-0.1, -0.05) is 30.3 Å². The van der Waals surface area contributed by atoms with E-state index in [-0.39, 0.29) is 6.04 Å². The Balaban J connectivity index is 2.10. The van der Waals surface area contributed by atoms with Crippen LogP contribution in [0.15, 0.2) is 42.5 Å². The highest BCUT2D eigenvalue weighted by Gasteiger charge is 2.17. The van der Waals surface area contributed by atoms with Crippen LogP contribution in [0.1, 0.15) is 24.2 Å². The van der Waals surface area contributed by atoms with Gasteiger partial charge < -0.3 is 24.6 Å². The Labute approximate surface area is 143 Å². The molecule has 0 radical (unpaired) electrons. The largest absolute Gasteiger partial charge is 0.496 e. The smallest absolute Gasteiger partial charge is 0.164 e. The second-order valence-corrected chi connectivity index (χ2v) is 5.54. The maximum Gasteiger partial charge on any atom is 0.164 e. The number of aliphatic hydroxyl groups excluding tert-OH is 1. The first-order chi connectivity index (χ1) is 11.6. The van der Waals surface area contributed by atoms with Crippen LogP contribution in [0.25, 0.3) is 0 Å². The van der Waals surface area contributed by atoms with Crippen LogP contribution in [0.3, 0.4) is 0 Å². The maximum atomic E-state index is 10.4. The van der Waals surface area contributed by atoms with Gasteiger partial charge in [-0.2, -0.15) is 0 Å². The number of nitrogens with one attached hydrogen (secondary N) is 1. The summed E-state index contributed by atoms with van der Waals surface area (Å²) in [5.41, 5.74) is 1.82. The number of hydrogen-bond donors (Lipinski definition) is 2. The summed E-state index contributed by atoms with van der Waals surface area (Å²) in [6.45, 7) is 2.49. The average molecular weight is 331 g/mol. The number of methoxy groups -OCH3 is 3. The van der Waals surface area contributed by atoms with Crippen molar-refractivity contribution in [1.82, 2.24) is 5.32 Å². The van der Waals surface area contributed by atoms with E-state index in [1.54, 1.807) is 27.4 Å². The molecule has 130 valence electrons. The van der Waals surface area contributed by atoms with E-state index in [0.29, 0.717) is 23.8 Å². The Morgan fingerprint density at radius 3 is 2.08 bits per heavy atom. The first kappa shape index (κ1) is 18.1.